The Balaban J connectivity index is 1.66. The molecule has 7 nitrogen and oxygen atoms in total. The molecule has 1 aliphatic heterocycles. The number of amides is 3. The number of anilines is 1. The average molecular weight is 391 g/mol. The molecule has 2 aromatic carbocycles. The Bertz CT molecular complexity index is 939. The number of guanidine groups is 1. The van der Waals surface area contributed by atoms with Crippen molar-refractivity contribution in [1.29, 1.82) is 5.41 Å². The molecule has 1 saturated heterocycles. The maximum absolute atomic E-state index is 13.2. The van der Waals surface area contributed by atoms with Crippen LogP contribution in [0.3, 0.4) is 0 Å². The van der Waals surface area contributed by atoms with Gasteiger partial charge in [-0.2, -0.15) is 0 Å². The number of carbonyl (C=O) groups excluding carboxylic acids is 2. The Morgan fingerprint density at radius 1 is 1.10 bits per heavy atom. The third-order valence-corrected chi connectivity index (χ3v) is 5.72. The monoisotopic (exact) mass is 391 g/mol. The summed E-state index contributed by atoms with van der Waals surface area (Å²) in [7, 11) is 1.58. The van der Waals surface area contributed by atoms with E-state index in [1.54, 1.807) is 19.2 Å². The van der Waals surface area contributed by atoms with Gasteiger partial charge in [-0.05, 0) is 36.1 Å². The first-order chi connectivity index (χ1) is 14.0. The lowest BCUT2D eigenvalue weighted by atomic mass is 9.82. The normalized spacial score (nSPS) is 21.9. The molecule has 0 radical (unpaired) electrons. The minimum atomic E-state index is -1.20. The molecule has 2 aromatic rings. The van der Waals surface area contributed by atoms with Crippen molar-refractivity contribution in [3.8, 4) is 0 Å². The quantitative estimate of drug-likeness (QED) is 0.645. The van der Waals surface area contributed by atoms with Gasteiger partial charge in [-0.15, -0.1) is 0 Å². The van der Waals surface area contributed by atoms with Gasteiger partial charge in [-0.25, -0.2) is 4.79 Å². The summed E-state index contributed by atoms with van der Waals surface area (Å²) >= 11 is 0. The van der Waals surface area contributed by atoms with Gasteiger partial charge in [0.1, 0.15) is 0 Å². The molecule has 4 rings (SSSR count). The van der Waals surface area contributed by atoms with Crippen molar-refractivity contribution in [3.63, 3.8) is 0 Å². The average Bonchev–Trinajstić information content (AvgIpc) is 3.31. The fourth-order valence-corrected chi connectivity index (χ4v) is 4.17. The van der Waals surface area contributed by atoms with Gasteiger partial charge < -0.3 is 16.0 Å². The molecule has 1 aliphatic carbocycles. The van der Waals surface area contributed by atoms with Crippen molar-refractivity contribution in [2.24, 2.45) is 0 Å². The van der Waals surface area contributed by atoms with E-state index in [0.29, 0.717) is 11.3 Å². The number of hydrogen-bond donors (Lipinski definition) is 4. The second-order valence-electron chi connectivity index (χ2n) is 7.61. The van der Waals surface area contributed by atoms with Crippen molar-refractivity contribution in [2.75, 3.05) is 12.4 Å². The molecule has 2 aliphatic rings. The molecule has 0 spiro atoms. The first-order valence-corrected chi connectivity index (χ1v) is 9.89. The van der Waals surface area contributed by atoms with Crippen molar-refractivity contribution < 1.29 is 9.59 Å². The molecule has 1 atom stereocenters. The van der Waals surface area contributed by atoms with Crippen LogP contribution in [0.15, 0.2) is 54.6 Å². The minimum Gasteiger partial charge on any atom is -0.335 e. The van der Waals surface area contributed by atoms with Gasteiger partial charge in [0.25, 0.3) is 5.91 Å². The summed E-state index contributed by atoms with van der Waals surface area (Å²) in [4.78, 5) is 26.9. The van der Waals surface area contributed by atoms with E-state index in [4.69, 9.17) is 5.41 Å². The third-order valence-electron chi connectivity index (χ3n) is 5.72. The highest BCUT2D eigenvalue weighted by Crippen LogP contribution is 2.36. The van der Waals surface area contributed by atoms with Crippen molar-refractivity contribution in [2.45, 2.75) is 37.3 Å². The maximum Gasteiger partial charge on any atom is 0.319 e. The number of benzene rings is 2. The Labute approximate surface area is 170 Å². The van der Waals surface area contributed by atoms with E-state index in [0.717, 1.165) is 31.2 Å². The van der Waals surface area contributed by atoms with E-state index in [9.17, 15) is 9.59 Å². The van der Waals surface area contributed by atoms with Crippen LogP contribution in [0, 0.1) is 5.41 Å². The molecular weight excluding hydrogens is 366 g/mol. The van der Waals surface area contributed by atoms with Crippen LogP contribution in [-0.2, 0) is 10.3 Å². The predicted molar refractivity (Wildman–Crippen MR) is 112 cm³/mol. The predicted octanol–water partition coefficient (Wildman–Crippen LogP) is 2.99. The summed E-state index contributed by atoms with van der Waals surface area (Å²) in [5.41, 5.74) is 0.810. The third kappa shape index (κ3) is 3.44. The first-order valence-electron chi connectivity index (χ1n) is 9.89. The number of rotatable bonds is 4. The summed E-state index contributed by atoms with van der Waals surface area (Å²) < 4.78 is 0. The number of urea groups is 1. The lowest BCUT2D eigenvalue weighted by Crippen LogP contribution is -2.45. The SMILES string of the molecule is CN1C(=N)NC(c2ccccc2)(c2cccc(NC(=O)NC3CCCC3)c2)C1=O. The Hall–Kier alpha value is -3.35. The topological polar surface area (TPSA) is 97.3 Å². The summed E-state index contributed by atoms with van der Waals surface area (Å²) in [6.45, 7) is 0. The van der Waals surface area contributed by atoms with Gasteiger partial charge in [-0.1, -0.05) is 55.3 Å². The van der Waals surface area contributed by atoms with Gasteiger partial charge >= 0.3 is 6.03 Å². The summed E-state index contributed by atoms with van der Waals surface area (Å²) in [6, 6.07) is 16.6. The smallest absolute Gasteiger partial charge is 0.319 e. The highest BCUT2D eigenvalue weighted by atomic mass is 16.2. The molecule has 0 bridgehead atoms. The summed E-state index contributed by atoms with van der Waals surface area (Å²) in [5, 5.41) is 17.1. The Morgan fingerprint density at radius 2 is 1.79 bits per heavy atom. The zero-order chi connectivity index (χ0) is 20.4. The molecule has 1 unspecified atom stereocenters. The number of carbonyl (C=O) groups is 2. The van der Waals surface area contributed by atoms with E-state index in [-0.39, 0.29) is 23.9 Å². The van der Waals surface area contributed by atoms with E-state index in [1.165, 1.54) is 4.90 Å². The molecule has 2 fully saturated rings. The van der Waals surface area contributed by atoms with Crippen LogP contribution in [0.25, 0.3) is 0 Å². The van der Waals surface area contributed by atoms with E-state index in [1.807, 2.05) is 42.5 Å². The number of hydrogen-bond acceptors (Lipinski definition) is 3. The van der Waals surface area contributed by atoms with E-state index in [2.05, 4.69) is 16.0 Å². The molecule has 3 amide bonds. The molecule has 7 heteroatoms. The van der Waals surface area contributed by atoms with Crippen LogP contribution in [-0.4, -0.2) is 35.9 Å². The second-order valence-corrected chi connectivity index (χ2v) is 7.61. The lowest BCUT2D eigenvalue weighted by Gasteiger charge is -2.28. The van der Waals surface area contributed by atoms with Crippen molar-refractivity contribution in [3.05, 3.63) is 65.7 Å². The fourth-order valence-electron chi connectivity index (χ4n) is 4.17. The number of nitrogens with one attached hydrogen (secondary N) is 4. The molecular formula is C22H25N5O2. The summed E-state index contributed by atoms with van der Waals surface area (Å²) in [6.07, 6.45) is 4.31. The van der Waals surface area contributed by atoms with Gasteiger partial charge in [-0.3, -0.25) is 15.1 Å². The first kappa shape index (κ1) is 19.0. The van der Waals surface area contributed by atoms with Crippen LogP contribution in [0.4, 0.5) is 10.5 Å². The number of likely N-dealkylation sites (N-methyl/N-ethyl adjacent to an activating group) is 1. The van der Waals surface area contributed by atoms with E-state index < -0.39 is 5.54 Å². The molecule has 1 saturated carbocycles. The second kappa shape index (κ2) is 7.58. The standard InChI is InChI=1S/C22H25N5O2/c1-27-19(28)22(26-20(27)23,15-8-3-2-4-9-15)16-10-7-13-18(14-16)25-21(29)24-17-11-5-6-12-17/h2-4,7-10,13-14,17H,5-6,11-12H2,1H3,(H2,23,26)(H2,24,25,29). The van der Waals surface area contributed by atoms with Gasteiger partial charge in [0, 0.05) is 18.8 Å². The van der Waals surface area contributed by atoms with Crippen molar-refractivity contribution >= 4 is 23.6 Å². The molecule has 1 heterocycles. The van der Waals surface area contributed by atoms with Gasteiger partial charge in [0.2, 0.25) is 0 Å². The fraction of sp³-hybridized carbons (Fsp3) is 0.318. The van der Waals surface area contributed by atoms with Crippen LogP contribution in [0.1, 0.15) is 36.8 Å². The lowest BCUT2D eigenvalue weighted by molar-refractivity contribution is -0.129. The zero-order valence-electron chi connectivity index (χ0n) is 16.4. The Kier molecular flexibility index (Phi) is 4.96. The van der Waals surface area contributed by atoms with Crippen LogP contribution >= 0.6 is 0 Å². The van der Waals surface area contributed by atoms with Gasteiger partial charge in [0.15, 0.2) is 11.5 Å². The largest absolute Gasteiger partial charge is 0.335 e. The van der Waals surface area contributed by atoms with Crippen molar-refractivity contribution in [1.82, 2.24) is 15.5 Å². The van der Waals surface area contributed by atoms with Crippen LogP contribution in [0.2, 0.25) is 0 Å². The summed E-state index contributed by atoms with van der Waals surface area (Å²) in [5.74, 6) is -0.197. The number of nitrogens with zero attached hydrogens (tertiary/aromatic N) is 1. The maximum atomic E-state index is 13.2. The molecule has 150 valence electrons. The highest BCUT2D eigenvalue weighted by Gasteiger charge is 2.51. The van der Waals surface area contributed by atoms with Gasteiger partial charge in [0.05, 0.1) is 0 Å². The molecule has 0 aromatic heterocycles. The molecule has 29 heavy (non-hydrogen) atoms. The Morgan fingerprint density at radius 3 is 2.45 bits per heavy atom. The molecule has 4 N–H and O–H groups in total. The van der Waals surface area contributed by atoms with Crippen LogP contribution < -0.4 is 16.0 Å². The minimum absolute atomic E-state index is 0.0381. The van der Waals surface area contributed by atoms with Crippen LogP contribution in [0.5, 0.6) is 0 Å². The van der Waals surface area contributed by atoms with E-state index >= 15 is 0 Å². The zero-order valence-corrected chi connectivity index (χ0v) is 16.4. The highest BCUT2D eigenvalue weighted by molar-refractivity contribution is 6.10.